The molecule has 1 atom stereocenters. The van der Waals surface area contributed by atoms with Gasteiger partial charge in [0.1, 0.15) is 0 Å². The third-order valence-corrected chi connectivity index (χ3v) is 5.41. The summed E-state index contributed by atoms with van der Waals surface area (Å²) in [6, 6.07) is 6.43. The Labute approximate surface area is 163 Å². The van der Waals surface area contributed by atoms with Crippen LogP contribution in [0.2, 0.25) is 0 Å². The number of hydrogen-bond acceptors (Lipinski definition) is 4. The fourth-order valence-electron chi connectivity index (χ4n) is 4.25. The van der Waals surface area contributed by atoms with Crippen molar-refractivity contribution >= 4 is 22.8 Å². The number of benzene rings is 1. The van der Waals surface area contributed by atoms with Crippen molar-refractivity contribution in [2.45, 2.75) is 47.2 Å². The van der Waals surface area contributed by atoms with Crippen LogP contribution in [0.15, 0.2) is 27.8 Å². The molecule has 148 valence electrons. The first-order valence-electron chi connectivity index (χ1n) is 9.87. The zero-order valence-corrected chi connectivity index (χ0v) is 17.2. The lowest BCUT2D eigenvalue weighted by Crippen LogP contribution is -2.40. The van der Waals surface area contributed by atoms with Crippen LogP contribution in [0.5, 0.6) is 0 Å². The van der Waals surface area contributed by atoms with Gasteiger partial charge >= 0.3 is 5.69 Å². The van der Waals surface area contributed by atoms with Gasteiger partial charge in [-0.05, 0) is 49.4 Å². The van der Waals surface area contributed by atoms with Gasteiger partial charge in [-0.25, -0.2) is 4.79 Å². The largest absolute Gasteiger partial charge is 0.332 e. The van der Waals surface area contributed by atoms with Crippen LogP contribution in [-0.2, 0) is 20.1 Å². The summed E-state index contributed by atoms with van der Waals surface area (Å²) in [5.41, 5.74) is 3.88. The van der Waals surface area contributed by atoms with E-state index in [-0.39, 0.29) is 11.2 Å². The van der Waals surface area contributed by atoms with Crippen molar-refractivity contribution in [3.63, 3.8) is 0 Å². The minimum atomic E-state index is -0.305. The molecule has 7 heteroatoms. The van der Waals surface area contributed by atoms with Crippen molar-refractivity contribution in [3.8, 4) is 0 Å². The molecular formula is C21H27N5O2. The Morgan fingerprint density at radius 2 is 1.79 bits per heavy atom. The van der Waals surface area contributed by atoms with Crippen molar-refractivity contribution in [1.29, 1.82) is 0 Å². The molecule has 0 saturated heterocycles. The van der Waals surface area contributed by atoms with E-state index in [4.69, 9.17) is 4.98 Å². The number of nitrogens with zero attached hydrogens (tertiary/aromatic N) is 5. The average molecular weight is 381 g/mol. The third-order valence-electron chi connectivity index (χ3n) is 5.41. The molecular weight excluding hydrogens is 354 g/mol. The van der Waals surface area contributed by atoms with E-state index in [1.165, 1.54) is 20.3 Å². The number of fused-ring (bicyclic) bond motifs is 3. The second kappa shape index (κ2) is 6.65. The van der Waals surface area contributed by atoms with Crippen LogP contribution >= 0.6 is 0 Å². The molecule has 0 aliphatic carbocycles. The molecule has 0 fully saturated rings. The lowest BCUT2D eigenvalue weighted by atomic mass is 10.1. The maximum atomic E-state index is 13.2. The Morgan fingerprint density at radius 3 is 2.43 bits per heavy atom. The summed E-state index contributed by atoms with van der Waals surface area (Å²) in [4.78, 5) is 32.8. The van der Waals surface area contributed by atoms with E-state index in [1.807, 2.05) is 11.5 Å². The fraction of sp³-hybridized carbons (Fsp3) is 0.476. The highest BCUT2D eigenvalue weighted by Crippen LogP contribution is 2.33. The van der Waals surface area contributed by atoms with Crippen molar-refractivity contribution in [2.75, 3.05) is 11.4 Å². The maximum absolute atomic E-state index is 13.2. The molecule has 0 spiro atoms. The minimum absolute atomic E-state index is 0.242. The maximum Gasteiger partial charge on any atom is 0.332 e. The zero-order chi connectivity index (χ0) is 20.2. The van der Waals surface area contributed by atoms with Crippen LogP contribution < -0.4 is 16.1 Å². The summed E-state index contributed by atoms with van der Waals surface area (Å²) in [6.45, 7) is 10.3. The first kappa shape index (κ1) is 18.5. The number of aryl methyl sites for hydroxylation is 3. The first-order valence-corrected chi connectivity index (χ1v) is 9.87. The van der Waals surface area contributed by atoms with Gasteiger partial charge in [0.25, 0.3) is 5.56 Å². The van der Waals surface area contributed by atoms with Crippen molar-refractivity contribution < 1.29 is 0 Å². The number of imidazole rings is 1. The van der Waals surface area contributed by atoms with Crippen LogP contribution in [0, 0.1) is 19.8 Å². The molecule has 3 aromatic rings. The Kier molecular flexibility index (Phi) is 4.40. The lowest BCUT2D eigenvalue weighted by molar-refractivity contribution is 0.457. The van der Waals surface area contributed by atoms with Gasteiger partial charge in [-0.1, -0.05) is 19.9 Å². The van der Waals surface area contributed by atoms with Crippen LogP contribution in [-0.4, -0.2) is 25.2 Å². The van der Waals surface area contributed by atoms with E-state index >= 15 is 0 Å². The molecule has 0 amide bonds. The molecule has 28 heavy (non-hydrogen) atoms. The van der Waals surface area contributed by atoms with E-state index < -0.39 is 0 Å². The molecule has 7 nitrogen and oxygen atoms in total. The first-order chi connectivity index (χ1) is 13.3. The molecule has 0 bridgehead atoms. The van der Waals surface area contributed by atoms with Gasteiger partial charge in [0.05, 0.1) is 0 Å². The second-order valence-corrected chi connectivity index (χ2v) is 8.05. The van der Waals surface area contributed by atoms with Crippen molar-refractivity contribution in [3.05, 3.63) is 50.2 Å². The molecule has 0 unspecified atom stereocenters. The van der Waals surface area contributed by atoms with Gasteiger partial charge in [-0.15, -0.1) is 0 Å². The van der Waals surface area contributed by atoms with Gasteiger partial charge < -0.3 is 9.47 Å². The minimum Gasteiger partial charge on any atom is -0.312 e. The van der Waals surface area contributed by atoms with Crippen LogP contribution in [0.4, 0.5) is 11.6 Å². The highest BCUT2D eigenvalue weighted by atomic mass is 16.2. The number of anilines is 2. The smallest absolute Gasteiger partial charge is 0.312 e. The van der Waals surface area contributed by atoms with Gasteiger partial charge in [0.15, 0.2) is 11.2 Å². The number of hydrogen-bond donors (Lipinski definition) is 0. The van der Waals surface area contributed by atoms with E-state index in [0.29, 0.717) is 30.2 Å². The third kappa shape index (κ3) is 2.77. The Hall–Kier alpha value is -2.83. The van der Waals surface area contributed by atoms with Gasteiger partial charge in [0, 0.05) is 32.4 Å². The predicted octanol–water partition coefficient (Wildman–Crippen LogP) is 2.71. The molecule has 0 radical (unpaired) electrons. The number of rotatable bonds is 3. The van der Waals surface area contributed by atoms with E-state index in [2.05, 4.69) is 43.9 Å². The van der Waals surface area contributed by atoms with E-state index in [1.54, 1.807) is 7.05 Å². The molecule has 4 rings (SSSR count). The normalized spacial score (nSPS) is 16.6. The summed E-state index contributed by atoms with van der Waals surface area (Å²) in [6.07, 6.45) is 0.729. The fourth-order valence-corrected chi connectivity index (χ4v) is 4.25. The molecule has 0 saturated carbocycles. The number of aromatic nitrogens is 4. The van der Waals surface area contributed by atoms with Crippen LogP contribution in [0.1, 0.15) is 31.4 Å². The Bertz CT molecular complexity index is 1160. The summed E-state index contributed by atoms with van der Waals surface area (Å²) < 4.78 is 4.83. The van der Waals surface area contributed by atoms with Crippen LogP contribution in [0.3, 0.4) is 0 Å². The predicted molar refractivity (Wildman–Crippen MR) is 112 cm³/mol. The lowest BCUT2D eigenvalue weighted by Gasteiger charge is -2.33. The summed E-state index contributed by atoms with van der Waals surface area (Å²) in [5, 5.41) is 0. The quantitative estimate of drug-likeness (QED) is 0.700. The summed E-state index contributed by atoms with van der Waals surface area (Å²) in [7, 11) is 1.69. The Morgan fingerprint density at radius 1 is 1.11 bits per heavy atom. The summed E-state index contributed by atoms with van der Waals surface area (Å²) >= 11 is 0. The molecule has 1 aromatic carbocycles. The van der Waals surface area contributed by atoms with Crippen molar-refractivity contribution in [2.24, 2.45) is 13.0 Å². The monoisotopic (exact) mass is 381 g/mol. The zero-order valence-electron chi connectivity index (χ0n) is 17.2. The SMILES string of the molecule is CCCn1c(=O)c2c(nc3n2C[C@@H](C)CN3c2cc(C)cc(C)c2)n(C)c1=O. The molecule has 1 aliphatic rings. The second-order valence-electron chi connectivity index (χ2n) is 8.05. The van der Waals surface area contributed by atoms with Gasteiger partial charge in [-0.2, -0.15) is 4.98 Å². The molecule has 3 heterocycles. The standard InChI is InChI=1S/C21H27N5O2/c1-6-7-24-19(27)17-18(23(5)21(24)28)22-20-25(11-15(4)12-26(17)20)16-9-13(2)8-14(3)10-16/h8-10,15H,6-7,11-12H2,1-5H3/t15-/m0/s1. The van der Waals surface area contributed by atoms with Gasteiger partial charge in [0.2, 0.25) is 5.95 Å². The van der Waals surface area contributed by atoms with Crippen molar-refractivity contribution in [1.82, 2.24) is 18.7 Å². The van der Waals surface area contributed by atoms with E-state index in [9.17, 15) is 9.59 Å². The van der Waals surface area contributed by atoms with Crippen LogP contribution in [0.25, 0.3) is 11.2 Å². The Balaban J connectivity index is 2.02. The average Bonchev–Trinajstić information content (AvgIpc) is 3.01. The van der Waals surface area contributed by atoms with Gasteiger partial charge in [-0.3, -0.25) is 13.9 Å². The summed E-state index contributed by atoms with van der Waals surface area (Å²) in [5.74, 6) is 1.08. The molecule has 2 aromatic heterocycles. The highest BCUT2D eigenvalue weighted by Gasteiger charge is 2.29. The molecule has 1 aliphatic heterocycles. The van der Waals surface area contributed by atoms with E-state index in [0.717, 1.165) is 24.6 Å². The molecule has 0 N–H and O–H groups in total. The highest BCUT2D eigenvalue weighted by molar-refractivity contribution is 5.77. The topological polar surface area (TPSA) is 65.1 Å².